The third-order valence-corrected chi connectivity index (χ3v) is 17.3. The van der Waals surface area contributed by atoms with E-state index in [1.165, 1.54) is 41.5 Å². The lowest BCUT2D eigenvalue weighted by Gasteiger charge is -2.44. The number of esters is 9. The van der Waals surface area contributed by atoms with Crippen LogP contribution in [-0.2, 0) is 200 Å². The summed E-state index contributed by atoms with van der Waals surface area (Å²) in [5, 5.41) is 16.1. The number of nitrogens with two attached hydrogens (primary N) is 1. The molecule has 0 aliphatic carbocycles. The molecule has 15 atom stereocenters. The van der Waals surface area contributed by atoms with E-state index in [-0.39, 0.29) is 255 Å². The standard InChI is InChI=1S/C79H131N7O42/c1-49(87)84-67-73(123-58(10)96)70(120-55(7)93)61(43-117-52(4)90)126-76(67)114-40-37-108-34-31-105-28-25-102-22-16-81-64(99)13-19-111-46-79(80,47-112-20-14-65(100)82-17-23-103-26-29-106-32-35-109-38-41-115-77-68(85-50(2)88)74(124-59(11)97)71(121-56(8)94)62(127-77)44-118-53(5)91)48-113-21-15-66(101)83-18-24-104-27-30-107-33-36-110-39-42-116-78-69(86-51(3)89)75(125-60(12)98)72(122-57(9)95)63(128-78)45-119-54(6)92/h61-63,67-78H,13-48,80H2,1-12H3,(H,81,99)(H,82,100)(H,83,101)(H,84,87)(H,85,88)(H,86,89). The predicted octanol–water partition coefficient (Wildman–Crippen LogP) is -4.58. The summed E-state index contributed by atoms with van der Waals surface area (Å²) in [6, 6.07) is -3.41. The molecular weight excluding hydrogens is 1720 g/mol. The normalized spacial score (nSPS) is 22.3. The van der Waals surface area contributed by atoms with Crippen molar-refractivity contribution in [2.75, 3.05) is 218 Å². The van der Waals surface area contributed by atoms with Crippen LogP contribution in [0.25, 0.3) is 0 Å². The molecule has 3 heterocycles. The molecule has 8 N–H and O–H groups in total. The molecule has 0 bridgehead atoms. The molecular formula is C79H131N7O42. The van der Waals surface area contributed by atoms with Gasteiger partial charge < -0.3 is 166 Å². The van der Waals surface area contributed by atoms with Crippen molar-refractivity contribution >= 4 is 89.2 Å². The first-order valence-electron chi connectivity index (χ1n) is 41.7. The average Bonchev–Trinajstić information content (AvgIpc) is 0.796. The van der Waals surface area contributed by atoms with Gasteiger partial charge in [0.15, 0.2) is 55.5 Å². The van der Waals surface area contributed by atoms with Gasteiger partial charge in [0.1, 0.15) is 56.3 Å². The van der Waals surface area contributed by atoms with Crippen LogP contribution < -0.4 is 37.6 Å². The molecule has 3 saturated heterocycles. The monoisotopic (exact) mass is 1850 g/mol. The third-order valence-electron chi connectivity index (χ3n) is 17.3. The fourth-order valence-corrected chi connectivity index (χ4v) is 12.1. The highest BCUT2D eigenvalue weighted by atomic mass is 16.7. The maximum Gasteiger partial charge on any atom is 0.303 e. The van der Waals surface area contributed by atoms with Crippen LogP contribution in [0.2, 0.25) is 0 Å². The van der Waals surface area contributed by atoms with E-state index >= 15 is 0 Å². The summed E-state index contributed by atoms with van der Waals surface area (Å²) in [6.45, 7) is 15.2. The number of carbonyl (C=O) groups is 15. The predicted molar refractivity (Wildman–Crippen MR) is 430 cm³/mol. The fraction of sp³-hybridized carbons (Fsp3) is 0.810. The lowest BCUT2D eigenvalue weighted by atomic mass is 9.96. The van der Waals surface area contributed by atoms with Crippen molar-refractivity contribution in [3.63, 3.8) is 0 Å². The second kappa shape index (κ2) is 66.6. The van der Waals surface area contributed by atoms with Gasteiger partial charge in [0, 0.05) is 122 Å². The molecule has 3 fully saturated rings. The largest absolute Gasteiger partial charge is 0.463 e. The van der Waals surface area contributed by atoms with E-state index in [4.69, 9.17) is 134 Å². The van der Waals surface area contributed by atoms with Crippen LogP contribution in [0, 0.1) is 0 Å². The summed E-state index contributed by atoms with van der Waals surface area (Å²) < 4.78 is 151. The van der Waals surface area contributed by atoms with E-state index in [1.54, 1.807) is 0 Å². The smallest absolute Gasteiger partial charge is 0.303 e. The summed E-state index contributed by atoms with van der Waals surface area (Å²) in [4.78, 5) is 182. The minimum atomic E-state index is -1.31. The lowest BCUT2D eigenvalue weighted by molar-refractivity contribution is -0.279. The minimum absolute atomic E-state index is 0.0355. The Bertz CT molecular complexity index is 3000. The molecule has 0 aromatic carbocycles. The van der Waals surface area contributed by atoms with Crippen molar-refractivity contribution in [1.29, 1.82) is 0 Å². The Balaban J connectivity index is 1.39. The van der Waals surface area contributed by atoms with Crippen LogP contribution in [0.1, 0.15) is 102 Å². The molecule has 3 aliphatic heterocycles. The zero-order valence-corrected chi connectivity index (χ0v) is 74.8. The number of ether oxygens (including phenoxy) is 27. The Labute approximate surface area is 741 Å². The Hall–Kier alpha value is -8.71. The molecule has 3 aliphatic rings. The summed E-state index contributed by atoms with van der Waals surface area (Å²) in [6.07, 6.45) is -15.0. The average molecular weight is 1850 g/mol. The van der Waals surface area contributed by atoms with E-state index in [0.717, 1.165) is 41.5 Å². The van der Waals surface area contributed by atoms with Crippen molar-refractivity contribution < 1.29 is 200 Å². The van der Waals surface area contributed by atoms with Crippen LogP contribution in [0.3, 0.4) is 0 Å². The molecule has 49 nitrogen and oxygen atoms in total. The van der Waals surface area contributed by atoms with Crippen LogP contribution in [0.15, 0.2) is 0 Å². The van der Waals surface area contributed by atoms with E-state index in [0.29, 0.717) is 0 Å². The second-order valence-corrected chi connectivity index (χ2v) is 28.6. The number of carbonyl (C=O) groups excluding carboxylic acids is 15. The molecule has 0 spiro atoms. The van der Waals surface area contributed by atoms with Gasteiger partial charge in [-0.15, -0.1) is 0 Å². The number of amides is 6. The van der Waals surface area contributed by atoms with Gasteiger partial charge in [0.05, 0.1) is 184 Å². The van der Waals surface area contributed by atoms with E-state index in [1.807, 2.05) is 0 Å². The molecule has 3 rings (SSSR count). The van der Waals surface area contributed by atoms with Crippen LogP contribution in [0.4, 0.5) is 0 Å². The van der Waals surface area contributed by atoms with E-state index < -0.39 is 169 Å². The molecule has 0 aromatic rings. The zero-order valence-electron chi connectivity index (χ0n) is 74.8. The van der Waals surface area contributed by atoms with Crippen LogP contribution in [-0.4, -0.2) is 404 Å². The van der Waals surface area contributed by atoms with Crippen molar-refractivity contribution in [2.45, 2.75) is 200 Å². The number of hydrogen-bond donors (Lipinski definition) is 7. The zero-order chi connectivity index (χ0) is 94.6. The summed E-state index contributed by atoms with van der Waals surface area (Å²) in [5.41, 5.74) is 5.43. The highest BCUT2D eigenvalue weighted by molar-refractivity contribution is 5.78. The van der Waals surface area contributed by atoms with Crippen molar-refractivity contribution in [3.05, 3.63) is 0 Å². The van der Waals surface area contributed by atoms with Gasteiger partial charge in [-0.05, 0) is 0 Å². The molecule has 6 amide bonds. The van der Waals surface area contributed by atoms with Crippen molar-refractivity contribution in [2.24, 2.45) is 5.73 Å². The van der Waals surface area contributed by atoms with Crippen molar-refractivity contribution in [1.82, 2.24) is 31.9 Å². The number of hydrogen-bond acceptors (Lipinski definition) is 43. The highest BCUT2D eigenvalue weighted by Crippen LogP contribution is 2.32. The van der Waals surface area contributed by atoms with Gasteiger partial charge in [-0.25, -0.2) is 0 Å². The SMILES string of the molecule is CC(=O)NC1C(OCCOCCOCCOCCNC(=O)CCOCC(N)(COCCC(=O)NCCOCCOCCOCCOC2OC(COC(C)=O)C(OC(C)=O)C(OC(C)=O)C2NC(C)=O)COCCC(=O)NCCOCCOCCOCCOC2OC(COC(C)=O)C(OC(C)=O)C(OC(C)=O)C2NC(C)=O)OC(COC(C)=O)C(OC(C)=O)C1OC(C)=O. The molecule has 734 valence electrons. The molecule has 49 heteroatoms. The summed E-state index contributed by atoms with van der Waals surface area (Å²) in [7, 11) is 0. The summed E-state index contributed by atoms with van der Waals surface area (Å²) >= 11 is 0. The van der Waals surface area contributed by atoms with E-state index in [2.05, 4.69) is 31.9 Å². The molecule has 0 radical (unpaired) electrons. The lowest BCUT2D eigenvalue weighted by Crippen LogP contribution is -2.66. The quantitative estimate of drug-likeness (QED) is 0.0171. The maximum atomic E-state index is 12.8. The van der Waals surface area contributed by atoms with Gasteiger partial charge >= 0.3 is 53.7 Å². The Kier molecular flexibility index (Phi) is 59.1. The van der Waals surface area contributed by atoms with Gasteiger partial charge in [-0.1, -0.05) is 0 Å². The fourth-order valence-electron chi connectivity index (χ4n) is 12.1. The van der Waals surface area contributed by atoms with Gasteiger partial charge in [0.25, 0.3) is 0 Å². The van der Waals surface area contributed by atoms with Crippen molar-refractivity contribution in [3.8, 4) is 0 Å². The highest BCUT2D eigenvalue weighted by Gasteiger charge is 2.54. The van der Waals surface area contributed by atoms with Gasteiger partial charge in [-0.2, -0.15) is 0 Å². The first-order valence-corrected chi connectivity index (χ1v) is 41.7. The first-order chi connectivity index (χ1) is 61.1. The van der Waals surface area contributed by atoms with Crippen LogP contribution in [0.5, 0.6) is 0 Å². The molecule has 128 heavy (non-hydrogen) atoms. The Morgan fingerprint density at radius 3 is 0.664 bits per heavy atom. The maximum absolute atomic E-state index is 12.8. The molecule has 0 saturated carbocycles. The number of rotatable bonds is 69. The first kappa shape index (κ1) is 113. The van der Waals surface area contributed by atoms with Gasteiger partial charge in [-0.3, -0.25) is 71.9 Å². The van der Waals surface area contributed by atoms with Gasteiger partial charge in [0.2, 0.25) is 35.4 Å². The topological polar surface area (TPSA) is 603 Å². The Morgan fingerprint density at radius 1 is 0.258 bits per heavy atom. The van der Waals surface area contributed by atoms with E-state index in [9.17, 15) is 71.9 Å². The molecule has 15 unspecified atom stereocenters. The summed E-state index contributed by atoms with van der Waals surface area (Å²) in [5.74, 6) is -9.07. The Morgan fingerprint density at radius 2 is 0.461 bits per heavy atom. The minimum Gasteiger partial charge on any atom is -0.463 e. The number of nitrogens with one attached hydrogen (secondary N) is 6. The van der Waals surface area contributed by atoms with Crippen LogP contribution >= 0.6 is 0 Å². The second-order valence-electron chi connectivity index (χ2n) is 28.6. The molecule has 0 aromatic heterocycles. The third kappa shape index (κ3) is 52.2.